The van der Waals surface area contributed by atoms with Crippen molar-refractivity contribution in [2.24, 2.45) is 0 Å². The first kappa shape index (κ1) is 21.9. The highest BCUT2D eigenvalue weighted by Gasteiger charge is 2.16. The van der Waals surface area contributed by atoms with Gasteiger partial charge in [-0.3, -0.25) is 9.59 Å². The molecule has 0 atom stereocenters. The molecule has 0 heterocycles. The van der Waals surface area contributed by atoms with Crippen molar-refractivity contribution >= 4 is 29.6 Å². The zero-order valence-electron chi connectivity index (χ0n) is 15.8. The number of carboxylic acids is 1. The zero-order valence-corrected chi connectivity index (χ0v) is 15.8. The lowest BCUT2D eigenvalue weighted by Gasteiger charge is -2.19. The second kappa shape index (κ2) is 9.56. The average Bonchev–Trinajstić information content (AvgIpc) is 2.55. The number of benzene rings is 1. The lowest BCUT2D eigenvalue weighted by Crippen LogP contribution is -2.32. The molecule has 0 aliphatic heterocycles. The predicted octanol–water partition coefficient (Wildman–Crippen LogP) is 2.30. The molecule has 9 heteroatoms. The van der Waals surface area contributed by atoms with Crippen LogP contribution in [0.15, 0.2) is 18.2 Å². The predicted molar refractivity (Wildman–Crippen MR) is 96.4 cm³/mol. The van der Waals surface area contributed by atoms with Gasteiger partial charge in [0.1, 0.15) is 5.60 Å². The molecule has 0 radical (unpaired) electrons. The van der Waals surface area contributed by atoms with E-state index >= 15 is 0 Å². The second-order valence-corrected chi connectivity index (χ2v) is 6.71. The molecule has 0 unspecified atom stereocenters. The Morgan fingerprint density at radius 3 is 2.30 bits per heavy atom. The van der Waals surface area contributed by atoms with Gasteiger partial charge in [0.25, 0.3) is 0 Å². The lowest BCUT2D eigenvalue weighted by molar-refractivity contribution is -0.138. The van der Waals surface area contributed by atoms with Gasteiger partial charge >= 0.3 is 18.0 Å². The smallest absolute Gasteiger partial charge is 0.407 e. The second-order valence-electron chi connectivity index (χ2n) is 6.71. The molecule has 0 aliphatic rings. The van der Waals surface area contributed by atoms with E-state index < -0.39 is 29.5 Å². The van der Waals surface area contributed by atoms with E-state index in [2.05, 4.69) is 15.4 Å². The molecule has 0 bridgehead atoms. The Morgan fingerprint density at radius 1 is 1.07 bits per heavy atom. The van der Waals surface area contributed by atoms with Crippen LogP contribution in [0.5, 0.6) is 0 Å². The average molecular weight is 380 g/mol. The van der Waals surface area contributed by atoms with Crippen molar-refractivity contribution in [1.29, 1.82) is 0 Å². The van der Waals surface area contributed by atoms with Gasteiger partial charge in [-0.2, -0.15) is 0 Å². The number of carbonyl (C=O) groups excluding carboxylic acids is 3. The molecule has 0 fully saturated rings. The normalized spacial score (nSPS) is 10.7. The molecule has 0 spiro atoms. The Balaban J connectivity index is 2.90. The Hall–Kier alpha value is -3.10. The van der Waals surface area contributed by atoms with Gasteiger partial charge in [0, 0.05) is 18.7 Å². The van der Waals surface area contributed by atoms with Gasteiger partial charge in [-0.05, 0) is 44.5 Å². The highest BCUT2D eigenvalue weighted by molar-refractivity contribution is 5.95. The Bertz CT molecular complexity index is 723. The Kier molecular flexibility index (Phi) is 7.77. The molecule has 0 saturated heterocycles. The molecule has 0 aliphatic carbocycles. The third-order valence-corrected chi connectivity index (χ3v) is 3.10. The topological polar surface area (TPSA) is 131 Å². The summed E-state index contributed by atoms with van der Waals surface area (Å²) in [5.41, 5.74) is 0.336. The number of methoxy groups -OCH3 is 1. The van der Waals surface area contributed by atoms with Crippen LogP contribution in [0.4, 0.5) is 10.5 Å². The number of hydrogen-bond donors (Lipinski definition) is 3. The molecule has 1 rings (SSSR count). The first-order chi connectivity index (χ1) is 12.5. The summed E-state index contributed by atoms with van der Waals surface area (Å²) in [6.07, 6.45) is -1.14. The largest absolute Gasteiger partial charge is 0.481 e. The van der Waals surface area contributed by atoms with Crippen molar-refractivity contribution in [3.8, 4) is 0 Å². The van der Waals surface area contributed by atoms with Crippen molar-refractivity contribution in [1.82, 2.24) is 5.32 Å². The number of carboxylic acid groups (broad SMARTS) is 1. The van der Waals surface area contributed by atoms with Crippen LogP contribution in [-0.4, -0.2) is 41.8 Å². The molecule has 0 saturated carbocycles. The maximum absolute atomic E-state index is 11.8. The minimum Gasteiger partial charge on any atom is -0.481 e. The highest BCUT2D eigenvalue weighted by Crippen LogP contribution is 2.17. The number of alkyl carbamates (subject to hydrolysis) is 1. The Morgan fingerprint density at radius 2 is 1.74 bits per heavy atom. The van der Waals surface area contributed by atoms with Crippen molar-refractivity contribution in [2.45, 2.75) is 45.8 Å². The monoisotopic (exact) mass is 380 g/mol. The maximum Gasteiger partial charge on any atom is 0.407 e. The van der Waals surface area contributed by atoms with E-state index in [-0.39, 0.29) is 30.6 Å². The van der Waals surface area contributed by atoms with Crippen molar-refractivity contribution in [3.63, 3.8) is 0 Å². The summed E-state index contributed by atoms with van der Waals surface area (Å²) >= 11 is 0. The summed E-state index contributed by atoms with van der Waals surface area (Å²) in [5, 5.41) is 13.7. The molecule has 148 valence electrons. The van der Waals surface area contributed by atoms with E-state index in [1.165, 1.54) is 19.2 Å². The van der Waals surface area contributed by atoms with Crippen LogP contribution < -0.4 is 10.6 Å². The minimum absolute atomic E-state index is 0.0533. The number of ether oxygens (including phenoxy) is 2. The third-order valence-electron chi connectivity index (χ3n) is 3.10. The molecule has 3 N–H and O–H groups in total. The Labute approximate surface area is 157 Å². The van der Waals surface area contributed by atoms with Gasteiger partial charge in [-0.25, -0.2) is 9.59 Å². The lowest BCUT2D eigenvalue weighted by atomic mass is 10.1. The summed E-state index contributed by atoms with van der Waals surface area (Å²) in [6.45, 7) is 5.25. The summed E-state index contributed by atoms with van der Waals surface area (Å²) in [7, 11) is 1.22. The molecule has 2 amide bonds. The molecular weight excluding hydrogens is 356 g/mol. The molecule has 1 aromatic rings. The summed E-state index contributed by atoms with van der Waals surface area (Å²) < 4.78 is 9.82. The van der Waals surface area contributed by atoms with Gasteiger partial charge in [0.2, 0.25) is 5.91 Å². The highest BCUT2D eigenvalue weighted by atomic mass is 16.6. The van der Waals surface area contributed by atoms with Crippen LogP contribution >= 0.6 is 0 Å². The van der Waals surface area contributed by atoms with Gasteiger partial charge in [-0.1, -0.05) is 0 Å². The standard InChI is InChI=1S/C18H24N2O7/c1-18(2,3)27-17(25)19-10-11-7-12(16(24)26-4)9-13(8-11)20-14(21)5-6-15(22)23/h7-9H,5-6,10H2,1-4H3,(H,19,25)(H,20,21)(H,22,23). The molecule has 1 aromatic carbocycles. The van der Waals surface area contributed by atoms with Gasteiger partial charge in [0.15, 0.2) is 0 Å². The maximum atomic E-state index is 11.8. The van der Waals surface area contributed by atoms with E-state index in [4.69, 9.17) is 9.84 Å². The fraction of sp³-hybridized carbons (Fsp3) is 0.444. The summed E-state index contributed by atoms with van der Waals surface area (Å²) in [4.78, 5) is 46.0. The SMILES string of the molecule is COC(=O)c1cc(CNC(=O)OC(C)(C)C)cc(NC(=O)CCC(=O)O)c1. The molecule has 27 heavy (non-hydrogen) atoms. The number of anilines is 1. The number of esters is 1. The number of aliphatic carboxylic acids is 1. The van der Waals surface area contributed by atoms with Crippen LogP contribution in [0, 0.1) is 0 Å². The minimum atomic E-state index is -1.09. The zero-order chi connectivity index (χ0) is 20.6. The van der Waals surface area contributed by atoms with Gasteiger partial charge in [0.05, 0.1) is 19.1 Å². The van der Waals surface area contributed by atoms with Crippen molar-refractivity contribution in [2.75, 3.05) is 12.4 Å². The van der Waals surface area contributed by atoms with Crippen molar-refractivity contribution in [3.05, 3.63) is 29.3 Å². The van der Waals surface area contributed by atoms with E-state index in [0.717, 1.165) is 0 Å². The van der Waals surface area contributed by atoms with E-state index in [1.54, 1.807) is 26.8 Å². The number of nitrogens with one attached hydrogen (secondary N) is 2. The third kappa shape index (κ3) is 8.70. The van der Waals surface area contributed by atoms with Gasteiger partial charge in [-0.15, -0.1) is 0 Å². The van der Waals surface area contributed by atoms with Crippen LogP contribution in [0.25, 0.3) is 0 Å². The molecular formula is C18H24N2O7. The molecule has 9 nitrogen and oxygen atoms in total. The van der Waals surface area contributed by atoms with E-state index in [9.17, 15) is 19.2 Å². The fourth-order valence-corrected chi connectivity index (χ4v) is 2.03. The van der Waals surface area contributed by atoms with E-state index in [0.29, 0.717) is 5.56 Å². The van der Waals surface area contributed by atoms with Gasteiger partial charge < -0.3 is 25.2 Å². The first-order valence-electron chi connectivity index (χ1n) is 8.21. The van der Waals surface area contributed by atoms with Crippen LogP contribution in [0.1, 0.15) is 49.5 Å². The number of rotatable bonds is 7. The summed E-state index contributed by atoms with van der Waals surface area (Å²) in [5.74, 6) is -2.21. The van der Waals surface area contributed by atoms with E-state index in [1.807, 2.05) is 0 Å². The number of amides is 2. The summed E-state index contributed by atoms with van der Waals surface area (Å²) in [6, 6.07) is 4.47. The fourth-order valence-electron chi connectivity index (χ4n) is 2.03. The molecule has 0 aromatic heterocycles. The quantitative estimate of drug-likeness (QED) is 0.619. The number of carbonyl (C=O) groups is 4. The number of hydrogen-bond acceptors (Lipinski definition) is 6. The van der Waals surface area contributed by atoms with Crippen LogP contribution in [-0.2, 0) is 25.6 Å². The van der Waals surface area contributed by atoms with Crippen LogP contribution in [0.3, 0.4) is 0 Å². The van der Waals surface area contributed by atoms with Crippen LogP contribution in [0.2, 0.25) is 0 Å². The first-order valence-corrected chi connectivity index (χ1v) is 8.21. The van der Waals surface area contributed by atoms with Crippen molar-refractivity contribution < 1.29 is 33.8 Å².